The van der Waals surface area contributed by atoms with E-state index >= 15 is 0 Å². The first-order valence-electron chi connectivity index (χ1n) is 4.62. The molecule has 1 saturated carbocycles. The highest BCUT2D eigenvalue weighted by atomic mass is 15.3. The van der Waals surface area contributed by atoms with E-state index in [4.69, 9.17) is 5.26 Å². The molecule has 1 aliphatic carbocycles. The van der Waals surface area contributed by atoms with Crippen molar-refractivity contribution in [1.29, 1.82) is 5.26 Å². The summed E-state index contributed by atoms with van der Waals surface area (Å²) in [6.07, 6.45) is 6.86. The number of hydrogen-bond donors (Lipinski definition) is 0. The fourth-order valence-electron chi connectivity index (χ4n) is 1.67. The van der Waals surface area contributed by atoms with Crippen molar-refractivity contribution in [1.82, 2.24) is 14.8 Å². The molecule has 1 heterocycles. The Morgan fingerprint density at radius 1 is 1.62 bits per heavy atom. The number of nitriles is 1. The van der Waals surface area contributed by atoms with Crippen LogP contribution in [0.25, 0.3) is 0 Å². The molecular formula is C9H12N4. The summed E-state index contributed by atoms with van der Waals surface area (Å²) < 4.78 is 1.74. The summed E-state index contributed by atoms with van der Waals surface area (Å²) in [5.74, 6) is 0.713. The predicted molar refractivity (Wildman–Crippen MR) is 46.5 cm³/mol. The SMILES string of the molecule is N#CC(Cn1cncn1)C1CCC1. The third-order valence-corrected chi connectivity index (χ3v) is 2.74. The molecule has 0 N–H and O–H groups in total. The van der Waals surface area contributed by atoms with E-state index in [-0.39, 0.29) is 5.92 Å². The summed E-state index contributed by atoms with van der Waals surface area (Å²) in [5.41, 5.74) is 0. The van der Waals surface area contributed by atoms with Crippen molar-refractivity contribution in [3.8, 4) is 6.07 Å². The lowest BCUT2D eigenvalue weighted by Gasteiger charge is -2.29. The Balaban J connectivity index is 1.95. The molecule has 0 radical (unpaired) electrons. The molecular weight excluding hydrogens is 164 g/mol. The topological polar surface area (TPSA) is 54.5 Å². The molecule has 1 fully saturated rings. The van der Waals surface area contributed by atoms with Crippen molar-refractivity contribution in [3.63, 3.8) is 0 Å². The van der Waals surface area contributed by atoms with Crippen molar-refractivity contribution < 1.29 is 0 Å². The van der Waals surface area contributed by atoms with Crippen LogP contribution in [0.2, 0.25) is 0 Å². The van der Waals surface area contributed by atoms with Gasteiger partial charge in [0.2, 0.25) is 0 Å². The highest BCUT2D eigenvalue weighted by Gasteiger charge is 2.27. The molecule has 68 valence electrons. The summed E-state index contributed by atoms with van der Waals surface area (Å²) in [4.78, 5) is 3.86. The molecule has 13 heavy (non-hydrogen) atoms. The Hall–Kier alpha value is -1.37. The first-order chi connectivity index (χ1) is 6.40. The van der Waals surface area contributed by atoms with E-state index < -0.39 is 0 Å². The normalized spacial score (nSPS) is 19.0. The van der Waals surface area contributed by atoms with Gasteiger partial charge in [-0.3, -0.25) is 4.68 Å². The summed E-state index contributed by atoms with van der Waals surface area (Å²) >= 11 is 0. The summed E-state index contributed by atoms with van der Waals surface area (Å²) in [7, 11) is 0. The zero-order valence-corrected chi connectivity index (χ0v) is 7.43. The molecule has 1 aromatic rings. The highest BCUT2D eigenvalue weighted by Crippen LogP contribution is 2.33. The van der Waals surface area contributed by atoms with Crippen molar-refractivity contribution in [2.75, 3.05) is 0 Å². The largest absolute Gasteiger partial charge is 0.252 e. The molecule has 4 heteroatoms. The van der Waals surface area contributed by atoms with Crippen LogP contribution in [0.4, 0.5) is 0 Å². The number of hydrogen-bond acceptors (Lipinski definition) is 3. The number of rotatable bonds is 3. The minimum Gasteiger partial charge on any atom is -0.252 e. The Bertz CT molecular complexity index is 294. The van der Waals surface area contributed by atoms with Gasteiger partial charge in [-0.15, -0.1) is 0 Å². The van der Waals surface area contributed by atoms with Crippen LogP contribution in [0.5, 0.6) is 0 Å². The molecule has 0 aromatic carbocycles. The second-order valence-corrected chi connectivity index (χ2v) is 3.54. The molecule has 2 rings (SSSR count). The van der Waals surface area contributed by atoms with Crippen LogP contribution in [-0.2, 0) is 6.54 Å². The van der Waals surface area contributed by atoms with E-state index in [0.29, 0.717) is 12.5 Å². The fraction of sp³-hybridized carbons (Fsp3) is 0.667. The van der Waals surface area contributed by atoms with Crippen LogP contribution >= 0.6 is 0 Å². The zero-order chi connectivity index (χ0) is 9.10. The molecule has 1 aliphatic rings. The summed E-state index contributed by atoms with van der Waals surface area (Å²) in [6.45, 7) is 0.696. The van der Waals surface area contributed by atoms with E-state index in [0.717, 1.165) is 0 Å². The fourth-order valence-corrected chi connectivity index (χ4v) is 1.67. The first kappa shape index (κ1) is 8.24. The van der Waals surface area contributed by atoms with Crippen LogP contribution in [0, 0.1) is 23.2 Å². The molecule has 0 spiro atoms. The van der Waals surface area contributed by atoms with Crippen LogP contribution in [-0.4, -0.2) is 14.8 Å². The third-order valence-electron chi connectivity index (χ3n) is 2.74. The van der Waals surface area contributed by atoms with Crippen LogP contribution in [0.1, 0.15) is 19.3 Å². The van der Waals surface area contributed by atoms with Crippen molar-refractivity contribution in [2.24, 2.45) is 11.8 Å². The molecule has 4 nitrogen and oxygen atoms in total. The monoisotopic (exact) mass is 176 g/mol. The van der Waals surface area contributed by atoms with Gasteiger partial charge in [-0.2, -0.15) is 10.4 Å². The molecule has 1 atom stereocenters. The van der Waals surface area contributed by atoms with Crippen molar-refractivity contribution in [3.05, 3.63) is 12.7 Å². The lowest BCUT2D eigenvalue weighted by Crippen LogP contribution is -2.24. The molecule has 0 saturated heterocycles. The third kappa shape index (κ3) is 1.69. The van der Waals surface area contributed by atoms with E-state index in [1.807, 2.05) is 0 Å². The van der Waals surface area contributed by atoms with Crippen LogP contribution in [0.15, 0.2) is 12.7 Å². The van der Waals surface area contributed by atoms with Gasteiger partial charge >= 0.3 is 0 Å². The minimum absolute atomic E-state index is 0.121. The smallest absolute Gasteiger partial charge is 0.137 e. The van der Waals surface area contributed by atoms with Gasteiger partial charge in [0.15, 0.2) is 0 Å². The molecule has 1 unspecified atom stereocenters. The molecule has 1 aromatic heterocycles. The first-order valence-corrected chi connectivity index (χ1v) is 4.62. The average Bonchev–Trinajstić information content (AvgIpc) is 2.52. The summed E-state index contributed by atoms with van der Waals surface area (Å²) in [5, 5.41) is 12.9. The van der Waals surface area contributed by atoms with Gasteiger partial charge in [0.1, 0.15) is 12.7 Å². The van der Waals surface area contributed by atoms with E-state index in [2.05, 4.69) is 16.2 Å². The lowest BCUT2D eigenvalue weighted by atomic mass is 9.76. The maximum Gasteiger partial charge on any atom is 0.137 e. The highest BCUT2D eigenvalue weighted by molar-refractivity contribution is 4.91. The minimum atomic E-state index is 0.121. The van der Waals surface area contributed by atoms with E-state index in [9.17, 15) is 0 Å². The van der Waals surface area contributed by atoms with Gasteiger partial charge in [0.05, 0.1) is 18.5 Å². The number of aromatic nitrogens is 3. The van der Waals surface area contributed by atoms with Crippen LogP contribution < -0.4 is 0 Å². The second kappa shape index (κ2) is 3.56. The van der Waals surface area contributed by atoms with Crippen LogP contribution in [0.3, 0.4) is 0 Å². The predicted octanol–water partition coefficient (Wildman–Crippen LogP) is 1.22. The Morgan fingerprint density at radius 2 is 2.46 bits per heavy atom. The maximum atomic E-state index is 8.95. The van der Waals surface area contributed by atoms with Gasteiger partial charge in [0.25, 0.3) is 0 Å². The second-order valence-electron chi connectivity index (χ2n) is 3.54. The van der Waals surface area contributed by atoms with E-state index in [1.165, 1.54) is 25.6 Å². The molecule has 0 bridgehead atoms. The molecule has 0 aliphatic heterocycles. The molecule has 0 amide bonds. The Labute approximate surface area is 77.2 Å². The van der Waals surface area contributed by atoms with Gasteiger partial charge in [0, 0.05) is 0 Å². The lowest BCUT2D eigenvalue weighted by molar-refractivity contribution is 0.223. The Kier molecular flexibility index (Phi) is 2.26. The zero-order valence-electron chi connectivity index (χ0n) is 7.43. The Morgan fingerprint density at radius 3 is 2.92 bits per heavy atom. The maximum absolute atomic E-state index is 8.95. The van der Waals surface area contributed by atoms with E-state index in [1.54, 1.807) is 11.0 Å². The van der Waals surface area contributed by atoms with Gasteiger partial charge < -0.3 is 0 Å². The van der Waals surface area contributed by atoms with Gasteiger partial charge in [-0.05, 0) is 18.8 Å². The summed E-state index contributed by atoms with van der Waals surface area (Å²) in [6, 6.07) is 2.35. The standard InChI is InChI=1S/C9H12N4/c10-4-9(8-2-1-3-8)5-13-7-11-6-12-13/h6-9H,1-3,5H2. The average molecular weight is 176 g/mol. The van der Waals surface area contributed by atoms with Gasteiger partial charge in [-0.25, -0.2) is 4.98 Å². The number of nitrogens with zero attached hydrogens (tertiary/aromatic N) is 4. The van der Waals surface area contributed by atoms with Gasteiger partial charge in [-0.1, -0.05) is 6.42 Å². The van der Waals surface area contributed by atoms with Crippen molar-refractivity contribution in [2.45, 2.75) is 25.8 Å². The quantitative estimate of drug-likeness (QED) is 0.695. The van der Waals surface area contributed by atoms with Crippen molar-refractivity contribution >= 4 is 0 Å².